The minimum atomic E-state index is -0.844. The Morgan fingerprint density at radius 3 is 2.34 bits per heavy atom. The number of hydrogen-bond donors (Lipinski definition) is 1. The molecule has 2 aromatic carbocycles. The maximum Gasteiger partial charge on any atom is 0.336 e. The molecule has 1 unspecified atom stereocenters. The van der Waals surface area contributed by atoms with Crippen molar-refractivity contribution in [1.29, 1.82) is 0 Å². The smallest absolute Gasteiger partial charge is 0.336 e. The van der Waals surface area contributed by atoms with Crippen molar-refractivity contribution < 1.29 is 33.4 Å². The first-order valence-corrected chi connectivity index (χ1v) is 15.2. The van der Waals surface area contributed by atoms with E-state index in [2.05, 4.69) is 10.3 Å². The van der Waals surface area contributed by atoms with E-state index in [9.17, 15) is 19.2 Å². The number of hydrogen-bond acceptors (Lipinski definition) is 10. The van der Waals surface area contributed by atoms with E-state index in [1.165, 1.54) is 23.3 Å². The Morgan fingerprint density at radius 1 is 1.00 bits per heavy atom. The molecule has 2 aliphatic heterocycles. The van der Waals surface area contributed by atoms with Gasteiger partial charge < -0.3 is 19.5 Å². The van der Waals surface area contributed by atoms with Gasteiger partial charge in [-0.05, 0) is 37.6 Å². The fourth-order valence-electron chi connectivity index (χ4n) is 5.30. The third-order valence-corrected chi connectivity index (χ3v) is 8.52. The monoisotopic (exact) mass is 635 g/mol. The number of allylic oxidation sites excluding steroid dienone is 1. The van der Waals surface area contributed by atoms with E-state index in [1.54, 1.807) is 62.4 Å². The van der Waals surface area contributed by atoms with Crippen molar-refractivity contribution in [3.63, 3.8) is 0 Å². The lowest BCUT2D eigenvalue weighted by Gasteiger charge is -2.31. The van der Waals surface area contributed by atoms with Gasteiger partial charge in [-0.15, -0.1) is 11.3 Å². The predicted octanol–water partition coefficient (Wildman–Crippen LogP) is 4.80. The minimum Gasteiger partial charge on any atom is -0.466 e. The van der Waals surface area contributed by atoms with Crippen LogP contribution in [0.1, 0.15) is 56.7 Å². The van der Waals surface area contributed by atoms with Crippen molar-refractivity contribution in [2.75, 3.05) is 26.9 Å². The molecule has 0 spiro atoms. The molecule has 228 valence electrons. The van der Waals surface area contributed by atoms with Crippen LogP contribution in [0.5, 0.6) is 0 Å². The number of ether oxygens (including phenoxy) is 3. The van der Waals surface area contributed by atoms with Crippen LogP contribution in [-0.4, -0.2) is 60.5 Å². The molecule has 2 aliphatic rings. The standard InChI is InChI=1S/C32H30ClN3O7S/c1-4-43-32(40)28-24(34-18(2)26(31(39)41-3)27(28)22-11-7-8-12-23(22)33)15-42-16-25-35-19(17-44-25)13-14-36-29(37)20-9-5-6-10-21(20)30(36)38/h5-12,17,27,34H,4,13-16H2,1-3H3. The zero-order valence-corrected chi connectivity index (χ0v) is 25.9. The number of dihydropyridines is 1. The number of halogens is 1. The molecule has 0 aliphatic carbocycles. The molecule has 3 heterocycles. The third-order valence-electron chi connectivity index (χ3n) is 7.30. The summed E-state index contributed by atoms with van der Waals surface area (Å²) in [5, 5.41) is 6.08. The van der Waals surface area contributed by atoms with Crippen molar-refractivity contribution in [2.24, 2.45) is 0 Å². The van der Waals surface area contributed by atoms with Crippen LogP contribution in [0, 0.1) is 0 Å². The second-order valence-electron chi connectivity index (χ2n) is 10.0. The predicted molar refractivity (Wildman–Crippen MR) is 163 cm³/mol. The molecule has 0 radical (unpaired) electrons. The first kappa shape index (κ1) is 31.1. The number of amides is 2. The summed E-state index contributed by atoms with van der Waals surface area (Å²) >= 11 is 7.95. The molecule has 1 aromatic heterocycles. The molecule has 1 atom stereocenters. The van der Waals surface area contributed by atoms with E-state index in [0.717, 1.165) is 5.69 Å². The van der Waals surface area contributed by atoms with E-state index in [4.69, 9.17) is 25.8 Å². The summed E-state index contributed by atoms with van der Waals surface area (Å²) in [7, 11) is 1.28. The van der Waals surface area contributed by atoms with E-state index in [0.29, 0.717) is 44.5 Å². The highest BCUT2D eigenvalue weighted by molar-refractivity contribution is 7.09. The van der Waals surface area contributed by atoms with Crippen LogP contribution in [0.25, 0.3) is 0 Å². The summed E-state index contributed by atoms with van der Waals surface area (Å²) in [6.45, 7) is 3.90. The molecule has 0 saturated carbocycles. The quantitative estimate of drug-likeness (QED) is 0.234. The summed E-state index contributed by atoms with van der Waals surface area (Å²) in [5.74, 6) is -2.65. The molecule has 5 rings (SSSR count). The van der Waals surface area contributed by atoms with Gasteiger partial charge in [0.2, 0.25) is 0 Å². The largest absolute Gasteiger partial charge is 0.466 e. The summed E-state index contributed by atoms with van der Waals surface area (Å²) in [4.78, 5) is 57.4. The number of carbonyl (C=O) groups is 4. The van der Waals surface area contributed by atoms with Gasteiger partial charge in [-0.3, -0.25) is 14.5 Å². The van der Waals surface area contributed by atoms with Gasteiger partial charge in [0.25, 0.3) is 11.8 Å². The van der Waals surface area contributed by atoms with Gasteiger partial charge >= 0.3 is 11.9 Å². The normalized spacial score (nSPS) is 16.3. The van der Waals surface area contributed by atoms with Crippen molar-refractivity contribution in [2.45, 2.75) is 32.8 Å². The van der Waals surface area contributed by atoms with Crippen molar-refractivity contribution in [1.82, 2.24) is 15.2 Å². The summed E-state index contributed by atoms with van der Waals surface area (Å²) in [6.07, 6.45) is 0.404. The molecule has 3 aromatic rings. The van der Waals surface area contributed by atoms with Crippen LogP contribution in [0.3, 0.4) is 0 Å². The van der Waals surface area contributed by atoms with E-state index in [-0.39, 0.29) is 49.3 Å². The molecule has 0 fully saturated rings. The molecule has 0 saturated heterocycles. The lowest BCUT2D eigenvalue weighted by molar-refractivity contribution is -0.139. The zero-order chi connectivity index (χ0) is 31.4. The molecule has 2 amide bonds. The van der Waals surface area contributed by atoms with E-state index in [1.807, 2.05) is 5.38 Å². The van der Waals surface area contributed by atoms with Crippen LogP contribution < -0.4 is 5.32 Å². The Bertz CT molecular complexity index is 1660. The van der Waals surface area contributed by atoms with Crippen molar-refractivity contribution >= 4 is 46.7 Å². The Labute approximate surface area is 263 Å². The molecule has 1 N–H and O–H groups in total. The van der Waals surface area contributed by atoms with Crippen LogP contribution >= 0.6 is 22.9 Å². The van der Waals surface area contributed by atoms with Gasteiger partial charge in [-0.25, -0.2) is 14.6 Å². The summed E-state index contributed by atoms with van der Waals surface area (Å²) < 4.78 is 16.5. The van der Waals surface area contributed by atoms with Gasteiger partial charge in [0, 0.05) is 29.1 Å². The van der Waals surface area contributed by atoms with Crippen LogP contribution in [0.4, 0.5) is 0 Å². The number of nitrogens with one attached hydrogen (secondary N) is 1. The van der Waals surface area contributed by atoms with Gasteiger partial charge in [0.1, 0.15) is 5.01 Å². The Morgan fingerprint density at radius 2 is 1.68 bits per heavy atom. The second-order valence-corrected chi connectivity index (χ2v) is 11.4. The van der Waals surface area contributed by atoms with Crippen LogP contribution in [0.15, 0.2) is 76.5 Å². The molecular weight excluding hydrogens is 606 g/mol. The lowest BCUT2D eigenvalue weighted by atomic mass is 9.80. The highest BCUT2D eigenvalue weighted by atomic mass is 35.5. The van der Waals surface area contributed by atoms with Crippen LogP contribution in [0.2, 0.25) is 5.02 Å². The first-order valence-electron chi connectivity index (χ1n) is 13.9. The number of benzene rings is 2. The number of imide groups is 1. The van der Waals surface area contributed by atoms with Gasteiger partial charge in [-0.2, -0.15) is 0 Å². The number of methoxy groups -OCH3 is 1. The summed E-state index contributed by atoms with van der Waals surface area (Å²) in [6, 6.07) is 13.8. The lowest BCUT2D eigenvalue weighted by Crippen LogP contribution is -2.34. The van der Waals surface area contributed by atoms with Crippen LogP contribution in [-0.2, 0) is 36.8 Å². The number of fused-ring (bicyclic) bond motifs is 1. The summed E-state index contributed by atoms with van der Waals surface area (Å²) in [5.41, 5.74) is 3.49. The van der Waals surface area contributed by atoms with E-state index < -0.39 is 17.9 Å². The van der Waals surface area contributed by atoms with Gasteiger partial charge in [0.15, 0.2) is 0 Å². The van der Waals surface area contributed by atoms with Gasteiger partial charge in [0.05, 0.1) is 66.5 Å². The number of esters is 2. The third kappa shape index (κ3) is 6.17. The zero-order valence-electron chi connectivity index (χ0n) is 24.3. The van der Waals surface area contributed by atoms with E-state index >= 15 is 0 Å². The SMILES string of the molecule is CCOC(=O)C1=C(COCc2nc(CCN3C(=O)c4ccccc4C3=O)cs2)NC(C)=C(C(=O)OC)C1c1ccccc1Cl. The molecule has 12 heteroatoms. The van der Waals surface area contributed by atoms with Gasteiger partial charge in [-0.1, -0.05) is 41.9 Å². The fourth-order valence-corrected chi connectivity index (χ4v) is 6.31. The Balaban J connectivity index is 1.31. The average Bonchev–Trinajstić information content (AvgIpc) is 3.57. The minimum absolute atomic E-state index is 0.00908. The Hall–Kier alpha value is -4.32. The first-order chi connectivity index (χ1) is 21.2. The highest BCUT2D eigenvalue weighted by Gasteiger charge is 2.40. The maximum atomic E-state index is 13.3. The molecule has 44 heavy (non-hydrogen) atoms. The Kier molecular flexibility index (Phi) is 9.58. The maximum absolute atomic E-state index is 13.3. The average molecular weight is 636 g/mol. The molecule has 10 nitrogen and oxygen atoms in total. The number of nitrogens with zero attached hydrogens (tertiary/aromatic N) is 2. The highest BCUT2D eigenvalue weighted by Crippen LogP contribution is 2.42. The molecular formula is C32H30ClN3O7S. The van der Waals surface area contributed by atoms with Crippen molar-refractivity contribution in [3.8, 4) is 0 Å². The number of aromatic nitrogens is 1. The molecule has 0 bridgehead atoms. The number of carbonyl (C=O) groups excluding carboxylic acids is 4. The second kappa shape index (κ2) is 13.5. The fraction of sp³-hybridized carbons (Fsp3) is 0.281. The number of rotatable bonds is 11. The number of thiazole rings is 1. The topological polar surface area (TPSA) is 124 Å². The van der Waals surface area contributed by atoms with Crippen molar-refractivity contribution in [3.05, 3.63) is 109 Å².